The fourth-order valence-electron chi connectivity index (χ4n) is 3.85. The topological polar surface area (TPSA) is 93.4 Å². The molecule has 2 fully saturated rings. The van der Waals surface area contributed by atoms with E-state index in [9.17, 15) is 9.59 Å². The first kappa shape index (κ1) is 20.2. The number of carbonyl (C=O) groups excluding carboxylic acids is 1. The third-order valence-electron chi connectivity index (χ3n) is 5.63. The Balaban J connectivity index is 1.32. The third-order valence-corrected chi connectivity index (χ3v) is 5.63. The molecule has 0 aliphatic carbocycles. The molecule has 0 unspecified atom stereocenters. The van der Waals surface area contributed by atoms with E-state index in [0.717, 1.165) is 36.6 Å². The summed E-state index contributed by atoms with van der Waals surface area (Å²) in [6, 6.07) is 5.74. The number of rotatable bonds is 7. The van der Waals surface area contributed by atoms with Gasteiger partial charge in [0.15, 0.2) is 0 Å². The highest BCUT2D eigenvalue weighted by Crippen LogP contribution is 2.22. The zero-order valence-corrected chi connectivity index (χ0v) is 17.2. The summed E-state index contributed by atoms with van der Waals surface area (Å²) in [7, 11) is 1.82. The molecule has 30 heavy (non-hydrogen) atoms. The van der Waals surface area contributed by atoms with Crippen LogP contribution in [-0.4, -0.2) is 71.5 Å². The van der Waals surface area contributed by atoms with Crippen LogP contribution in [0.1, 0.15) is 12.8 Å². The molecular weight excluding hydrogens is 380 g/mol. The predicted molar refractivity (Wildman–Crippen MR) is 119 cm³/mol. The fourth-order valence-corrected chi connectivity index (χ4v) is 3.85. The van der Waals surface area contributed by atoms with E-state index >= 15 is 0 Å². The van der Waals surface area contributed by atoms with Gasteiger partial charge in [-0.15, -0.1) is 0 Å². The van der Waals surface area contributed by atoms with Crippen molar-refractivity contribution >= 4 is 17.4 Å². The number of nitrogens with zero attached hydrogens (tertiary/aromatic N) is 3. The van der Waals surface area contributed by atoms with Crippen LogP contribution in [0.4, 0.5) is 11.5 Å². The van der Waals surface area contributed by atoms with Gasteiger partial charge in [-0.2, -0.15) is 0 Å². The Morgan fingerprint density at radius 3 is 2.83 bits per heavy atom. The van der Waals surface area contributed by atoms with Crippen LogP contribution >= 0.6 is 0 Å². The van der Waals surface area contributed by atoms with Crippen LogP contribution in [0.25, 0.3) is 11.1 Å². The lowest BCUT2D eigenvalue weighted by atomic mass is 10.1. The molecule has 0 saturated carbocycles. The Morgan fingerprint density at radius 2 is 2.07 bits per heavy atom. The SMILES string of the molecule is CNc1cc(-c2c[nH]c(=O)c(NC3CN(C(=O)/C=C/CN4CCCC4)C3)c2)ccn1. The van der Waals surface area contributed by atoms with Gasteiger partial charge in [0.1, 0.15) is 11.5 Å². The lowest BCUT2D eigenvalue weighted by Crippen LogP contribution is -2.57. The maximum Gasteiger partial charge on any atom is 0.271 e. The highest BCUT2D eigenvalue weighted by atomic mass is 16.2. The number of hydrogen-bond acceptors (Lipinski definition) is 6. The van der Waals surface area contributed by atoms with Crippen molar-refractivity contribution in [3.05, 3.63) is 53.1 Å². The zero-order chi connectivity index (χ0) is 20.9. The van der Waals surface area contributed by atoms with Gasteiger partial charge in [0.25, 0.3) is 5.56 Å². The van der Waals surface area contributed by atoms with E-state index in [4.69, 9.17) is 0 Å². The highest BCUT2D eigenvalue weighted by molar-refractivity contribution is 5.88. The third kappa shape index (κ3) is 4.71. The molecule has 2 aromatic heterocycles. The molecule has 0 aromatic carbocycles. The number of H-pyrrole nitrogens is 1. The van der Waals surface area contributed by atoms with Crippen molar-refractivity contribution in [3.63, 3.8) is 0 Å². The first-order valence-corrected chi connectivity index (χ1v) is 10.4. The van der Waals surface area contributed by atoms with Crippen molar-refractivity contribution < 1.29 is 4.79 Å². The van der Waals surface area contributed by atoms with E-state index in [-0.39, 0.29) is 17.5 Å². The molecule has 8 heteroatoms. The van der Waals surface area contributed by atoms with Crippen molar-refractivity contribution in [1.82, 2.24) is 19.8 Å². The molecule has 0 bridgehead atoms. The first-order chi connectivity index (χ1) is 14.6. The molecule has 2 aliphatic heterocycles. The van der Waals surface area contributed by atoms with E-state index in [0.29, 0.717) is 18.8 Å². The van der Waals surface area contributed by atoms with Crippen LogP contribution < -0.4 is 16.2 Å². The van der Waals surface area contributed by atoms with Crippen LogP contribution in [0.3, 0.4) is 0 Å². The number of nitrogens with one attached hydrogen (secondary N) is 3. The average Bonchev–Trinajstić information content (AvgIpc) is 3.25. The van der Waals surface area contributed by atoms with Crippen LogP contribution in [0.5, 0.6) is 0 Å². The summed E-state index contributed by atoms with van der Waals surface area (Å²) in [5, 5.41) is 6.28. The molecule has 2 saturated heterocycles. The van der Waals surface area contributed by atoms with Gasteiger partial charge in [0, 0.05) is 50.7 Å². The highest BCUT2D eigenvalue weighted by Gasteiger charge is 2.29. The number of aromatic amines is 1. The second kappa shape index (κ2) is 9.13. The minimum absolute atomic E-state index is 0.0336. The maximum atomic E-state index is 12.3. The Bertz CT molecular complexity index is 974. The van der Waals surface area contributed by atoms with Gasteiger partial charge in [0.2, 0.25) is 5.91 Å². The quantitative estimate of drug-likeness (QED) is 0.605. The number of likely N-dealkylation sites (tertiary alicyclic amines) is 2. The average molecular weight is 409 g/mol. The predicted octanol–water partition coefficient (Wildman–Crippen LogP) is 1.75. The Labute approximate surface area is 176 Å². The van der Waals surface area contributed by atoms with E-state index < -0.39 is 0 Å². The largest absolute Gasteiger partial charge is 0.374 e. The number of amides is 1. The smallest absolute Gasteiger partial charge is 0.271 e. The Kier molecular flexibility index (Phi) is 6.13. The lowest BCUT2D eigenvalue weighted by Gasteiger charge is -2.39. The van der Waals surface area contributed by atoms with E-state index in [1.807, 2.05) is 31.3 Å². The van der Waals surface area contributed by atoms with Crippen molar-refractivity contribution in [2.24, 2.45) is 0 Å². The normalized spacial score (nSPS) is 17.3. The van der Waals surface area contributed by atoms with Gasteiger partial charge >= 0.3 is 0 Å². The van der Waals surface area contributed by atoms with Crippen LogP contribution in [0.2, 0.25) is 0 Å². The molecule has 3 N–H and O–H groups in total. The van der Waals surface area contributed by atoms with Crippen molar-refractivity contribution in [3.8, 4) is 11.1 Å². The van der Waals surface area contributed by atoms with Gasteiger partial charge in [0.05, 0.1) is 6.04 Å². The Hall–Kier alpha value is -3.13. The molecule has 4 heterocycles. The summed E-state index contributed by atoms with van der Waals surface area (Å²) in [6.07, 6.45) is 9.55. The fraction of sp³-hybridized carbons (Fsp3) is 0.409. The Morgan fingerprint density at radius 1 is 1.27 bits per heavy atom. The van der Waals surface area contributed by atoms with Crippen LogP contribution in [0.15, 0.2) is 47.5 Å². The molecule has 0 spiro atoms. The van der Waals surface area contributed by atoms with Crippen LogP contribution in [-0.2, 0) is 4.79 Å². The molecule has 2 aromatic rings. The van der Waals surface area contributed by atoms with Gasteiger partial charge in [-0.1, -0.05) is 6.08 Å². The molecule has 2 aliphatic rings. The van der Waals surface area contributed by atoms with Crippen LogP contribution in [0, 0.1) is 0 Å². The lowest BCUT2D eigenvalue weighted by molar-refractivity contribution is -0.129. The summed E-state index contributed by atoms with van der Waals surface area (Å²) in [6.45, 7) is 4.27. The molecule has 158 valence electrons. The summed E-state index contributed by atoms with van der Waals surface area (Å²) in [5.74, 6) is 0.797. The van der Waals surface area contributed by atoms with Gasteiger partial charge in [-0.3, -0.25) is 14.5 Å². The molecule has 0 radical (unpaired) electrons. The van der Waals surface area contributed by atoms with Crippen molar-refractivity contribution in [2.75, 3.05) is 50.4 Å². The number of carbonyl (C=O) groups is 1. The summed E-state index contributed by atoms with van der Waals surface area (Å²) in [4.78, 5) is 35.7. The van der Waals surface area contributed by atoms with Gasteiger partial charge in [-0.05, 0) is 49.7 Å². The second-order valence-electron chi connectivity index (χ2n) is 7.81. The van der Waals surface area contributed by atoms with E-state index in [1.165, 1.54) is 12.8 Å². The number of hydrogen-bond donors (Lipinski definition) is 3. The molecule has 1 amide bonds. The molecular formula is C22H28N6O2. The van der Waals surface area contributed by atoms with E-state index in [2.05, 4.69) is 25.5 Å². The van der Waals surface area contributed by atoms with Gasteiger partial charge in [-0.25, -0.2) is 4.98 Å². The maximum absolute atomic E-state index is 12.3. The summed E-state index contributed by atoms with van der Waals surface area (Å²) < 4.78 is 0. The first-order valence-electron chi connectivity index (χ1n) is 10.4. The molecule has 8 nitrogen and oxygen atoms in total. The second-order valence-corrected chi connectivity index (χ2v) is 7.81. The summed E-state index contributed by atoms with van der Waals surface area (Å²) >= 11 is 0. The van der Waals surface area contributed by atoms with Gasteiger partial charge < -0.3 is 20.5 Å². The van der Waals surface area contributed by atoms with E-state index in [1.54, 1.807) is 23.4 Å². The zero-order valence-electron chi connectivity index (χ0n) is 17.2. The number of anilines is 2. The number of aromatic nitrogens is 2. The van der Waals surface area contributed by atoms with Crippen molar-refractivity contribution in [1.29, 1.82) is 0 Å². The molecule has 0 atom stereocenters. The monoisotopic (exact) mass is 408 g/mol. The molecule has 4 rings (SSSR count). The summed E-state index contributed by atoms with van der Waals surface area (Å²) in [5.41, 5.74) is 2.20. The van der Waals surface area contributed by atoms with Crippen molar-refractivity contribution in [2.45, 2.75) is 18.9 Å². The minimum atomic E-state index is -0.170. The number of pyridine rings is 2. The minimum Gasteiger partial charge on any atom is -0.374 e. The standard InChI is InChI=1S/C22H28N6O2/c1-23-20-12-16(6-7-24-20)17-11-19(22(30)25-13-17)26-18-14-28(15-18)21(29)5-4-10-27-8-2-3-9-27/h4-7,11-13,18,26H,2-3,8-10,14-15H2,1H3,(H,23,24)(H,25,30)/b5-4+.